The topological polar surface area (TPSA) is 186 Å². The Morgan fingerprint density at radius 2 is 1.51 bits per heavy atom. The first-order valence-corrected chi connectivity index (χ1v) is 13.2. The number of nitrogens with zero attached hydrogens (tertiary/aromatic N) is 3. The molecule has 1 saturated heterocycles. The second kappa shape index (κ2) is 12.9. The molecule has 5 amide bonds. The van der Waals surface area contributed by atoms with Crippen LogP contribution in [0.3, 0.4) is 0 Å². The van der Waals surface area contributed by atoms with Crippen LogP contribution in [0.25, 0.3) is 0 Å². The van der Waals surface area contributed by atoms with Crippen molar-refractivity contribution in [3.63, 3.8) is 0 Å². The Kier molecular flexibility index (Phi) is 9.14. The third-order valence-corrected chi connectivity index (χ3v) is 7.09. The van der Waals surface area contributed by atoms with Crippen molar-refractivity contribution in [1.29, 1.82) is 0 Å². The number of nitrogens with one attached hydrogen (secondary N) is 2. The second-order valence-electron chi connectivity index (χ2n) is 9.96. The van der Waals surface area contributed by atoms with Gasteiger partial charge in [-0.3, -0.25) is 29.1 Å². The zero-order chi connectivity index (χ0) is 31.1. The lowest BCUT2D eigenvalue weighted by Gasteiger charge is -2.32. The summed E-state index contributed by atoms with van der Waals surface area (Å²) in [5, 5.41) is 23.5. The maximum Gasteiger partial charge on any atom is 0.330 e. The summed E-state index contributed by atoms with van der Waals surface area (Å²) in [7, 11) is 0. The van der Waals surface area contributed by atoms with Crippen molar-refractivity contribution < 1.29 is 41.8 Å². The number of carboxylic acids is 2. The molecule has 4 N–H and O–H groups in total. The number of aromatic nitrogens is 1. The molecule has 0 bridgehead atoms. The smallest absolute Gasteiger partial charge is 0.330 e. The molecule has 13 heteroatoms. The lowest BCUT2D eigenvalue weighted by atomic mass is 9.90. The number of imide groups is 1. The van der Waals surface area contributed by atoms with Gasteiger partial charge in [0.2, 0.25) is 11.8 Å². The molecule has 0 saturated carbocycles. The summed E-state index contributed by atoms with van der Waals surface area (Å²) in [5.41, 5.74) is -0.0764. The molecule has 0 aliphatic carbocycles. The molecule has 0 radical (unpaired) electrons. The van der Waals surface area contributed by atoms with Crippen molar-refractivity contribution in [2.75, 3.05) is 6.54 Å². The van der Waals surface area contributed by atoms with Crippen LogP contribution < -0.4 is 10.6 Å². The molecule has 0 spiro atoms. The summed E-state index contributed by atoms with van der Waals surface area (Å²) in [6.07, 6.45) is 2.07. The number of hydrogen-bond donors (Lipinski definition) is 4. The lowest BCUT2D eigenvalue weighted by molar-refractivity contribution is -0.144. The van der Waals surface area contributed by atoms with Crippen LogP contribution in [0.1, 0.15) is 38.9 Å². The number of pyridine rings is 1. The van der Waals surface area contributed by atoms with Crippen molar-refractivity contribution >= 4 is 35.7 Å². The largest absolute Gasteiger partial charge is 0.481 e. The van der Waals surface area contributed by atoms with Crippen LogP contribution in [0.2, 0.25) is 0 Å². The summed E-state index contributed by atoms with van der Waals surface area (Å²) in [5.74, 6) is -5.61. The number of carboxylic acid groups (broad SMARTS) is 2. The Balaban J connectivity index is 0.00000353. The third-order valence-electron chi connectivity index (χ3n) is 7.09. The fourth-order valence-corrected chi connectivity index (χ4v) is 4.83. The number of carbonyl (C=O) groups excluding carboxylic acids is 4. The molecular formula is C30H33N5O8. The van der Waals surface area contributed by atoms with Gasteiger partial charge in [0.1, 0.15) is 18.1 Å². The summed E-state index contributed by atoms with van der Waals surface area (Å²) in [6, 6.07) is 15.9. The average molecular weight is 592 g/mol. The lowest BCUT2D eigenvalue weighted by Crippen LogP contribution is -2.52. The van der Waals surface area contributed by atoms with Crippen molar-refractivity contribution in [3.05, 3.63) is 102 Å². The van der Waals surface area contributed by atoms with E-state index in [0.29, 0.717) is 5.56 Å². The molecule has 1 aromatic heterocycles. The molecule has 2 aromatic carbocycles. The van der Waals surface area contributed by atoms with Gasteiger partial charge >= 0.3 is 18.0 Å². The Morgan fingerprint density at radius 1 is 0.907 bits per heavy atom. The number of amides is 5. The standard InChI is InChI=1S/C30H29N5O8.2H2/c1-30(21-12-14-31-15-13-21)28(42)34(29(43)35(30)17-19-8-4-2-5-9-19)18-23(36)32-22(16-24(37)38)26(39)33-25(27(40)41)20-10-6-3-7-11-20;;/h2-15,22,25H,16-18H2,1H3,(H,32,36)(H,33,39)(H,37,38)(H,40,41);2*1H/t22-,25-,30?;;/m0../s1. The molecule has 4 rings (SSSR count). The van der Waals surface area contributed by atoms with E-state index >= 15 is 0 Å². The van der Waals surface area contributed by atoms with Crippen LogP contribution in [0.5, 0.6) is 0 Å². The highest BCUT2D eigenvalue weighted by molar-refractivity contribution is 6.09. The normalized spacial score (nSPS) is 17.7. The van der Waals surface area contributed by atoms with Crippen molar-refractivity contribution in [3.8, 4) is 0 Å². The predicted molar refractivity (Wildman–Crippen MR) is 154 cm³/mol. The molecule has 3 atom stereocenters. The fourth-order valence-electron chi connectivity index (χ4n) is 4.83. The van der Waals surface area contributed by atoms with E-state index in [1.54, 1.807) is 67.6 Å². The Morgan fingerprint density at radius 3 is 2.09 bits per heavy atom. The zero-order valence-corrected chi connectivity index (χ0v) is 23.0. The van der Waals surface area contributed by atoms with Gasteiger partial charge in [0, 0.05) is 21.8 Å². The Labute approximate surface area is 249 Å². The van der Waals surface area contributed by atoms with E-state index in [0.717, 1.165) is 10.5 Å². The van der Waals surface area contributed by atoms with E-state index in [9.17, 15) is 39.0 Å². The molecule has 3 aromatic rings. The molecule has 43 heavy (non-hydrogen) atoms. The number of rotatable bonds is 12. The van der Waals surface area contributed by atoms with Crippen molar-refractivity contribution in [2.24, 2.45) is 0 Å². The van der Waals surface area contributed by atoms with Gasteiger partial charge in [0.25, 0.3) is 5.91 Å². The van der Waals surface area contributed by atoms with Gasteiger partial charge in [-0.05, 0) is 35.7 Å². The van der Waals surface area contributed by atoms with Crippen molar-refractivity contribution in [2.45, 2.75) is 37.5 Å². The van der Waals surface area contributed by atoms with Gasteiger partial charge in [-0.15, -0.1) is 0 Å². The molecule has 1 fully saturated rings. The summed E-state index contributed by atoms with van der Waals surface area (Å²) >= 11 is 0. The van der Waals surface area contributed by atoms with Gasteiger partial charge in [-0.2, -0.15) is 0 Å². The van der Waals surface area contributed by atoms with E-state index in [-0.39, 0.29) is 15.0 Å². The van der Waals surface area contributed by atoms with E-state index < -0.39 is 66.3 Å². The SMILES string of the molecule is CC1(c2ccncc2)C(=O)N(CC(=O)N[C@@H](CC(=O)O)C(=O)N[C@H](C(=O)O)c2ccccc2)C(=O)N1Cc1ccccc1.[HH].[HH]. The molecule has 1 aliphatic heterocycles. The van der Waals surface area contributed by atoms with Crippen LogP contribution in [-0.2, 0) is 36.1 Å². The molecule has 13 nitrogen and oxygen atoms in total. The van der Waals surface area contributed by atoms with E-state index in [1.165, 1.54) is 29.4 Å². The molecule has 226 valence electrons. The maximum atomic E-state index is 13.8. The highest BCUT2D eigenvalue weighted by Crippen LogP contribution is 2.38. The minimum absolute atomic E-state index is 0. The van der Waals surface area contributed by atoms with Crippen LogP contribution >= 0.6 is 0 Å². The highest BCUT2D eigenvalue weighted by atomic mass is 16.4. The Bertz CT molecular complexity index is 1530. The number of hydrogen-bond acceptors (Lipinski definition) is 7. The van der Waals surface area contributed by atoms with Gasteiger partial charge in [0.05, 0.1) is 6.42 Å². The minimum atomic E-state index is -1.70. The first kappa shape index (κ1) is 30.4. The van der Waals surface area contributed by atoms with Crippen LogP contribution in [0.4, 0.5) is 4.79 Å². The fraction of sp³-hybridized carbons (Fsp3) is 0.233. The van der Waals surface area contributed by atoms with Crippen LogP contribution in [0.15, 0.2) is 85.2 Å². The summed E-state index contributed by atoms with van der Waals surface area (Å²) in [6.45, 7) is 0.788. The number of urea groups is 1. The predicted octanol–water partition coefficient (Wildman–Crippen LogP) is 2.15. The molecule has 1 aliphatic rings. The van der Waals surface area contributed by atoms with Crippen LogP contribution in [-0.4, -0.2) is 73.3 Å². The van der Waals surface area contributed by atoms with Gasteiger partial charge in [0.15, 0.2) is 6.04 Å². The third kappa shape index (κ3) is 6.67. The number of carbonyl (C=O) groups is 6. The van der Waals surface area contributed by atoms with Crippen LogP contribution in [0, 0.1) is 0 Å². The van der Waals surface area contributed by atoms with Gasteiger partial charge in [-0.25, -0.2) is 9.59 Å². The molecular weight excluding hydrogens is 558 g/mol. The minimum Gasteiger partial charge on any atom is -0.481 e. The first-order valence-electron chi connectivity index (χ1n) is 13.2. The number of benzene rings is 2. The van der Waals surface area contributed by atoms with Gasteiger partial charge < -0.3 is 25.7 Å². The average Bonchev–Trinajstić information content (AvgIpc) is 3.17. The van der Waals surface area contributed by atoms with Gasteiger partial charge in [-0.1, -0.05) is 60.7 Å². The summed E-state index contributed by atoms with van der Waals surface area (Å²) < 4.78 is 0. The van der Waals surface area contributed by atoms with E-state index in [1.807, 2.05) is 0 Å². The molecule has 1 unspecified atom stereocenters. The highest BCUT2D eigenvalue weighted by Gasteiger charge is 2.55. The second-order valence-corrected chi connectivity index (χ2v) is 9.96. The number of aliphatic carboxylic acids is 2. The van der Waals surface area contributed by atoms with Crippen molar-refractivity contribution in [1.82, 2.24) is 25.4 Å². The molecule has 2 heterocycles. The van der Waals surface area contributed by atoms with E-state index in [2.05, 4.69) is 15.6 Å². The zero-order valence-electron chi connectivity index (χ0n) is 23.0. The quantitative estimate of drug-likeness (QED) is 0.229. The monoisotopic (exact) mass is 591 g/mol. The first-order chi connectivity index (χ1) is 20.5. The Hall–Kier alpha value is -5.59. The maximum absolute atomic E-state index is 13.8. The summed E-state index contributed by atoms with van der Waals surface area (Å²) in [4.78, 5) is 82.9. The van der Waals surface area contributed by atoms with E-state index in [4.69, 9.17) is 0 Å².